The van der Waals surface area contributed by atoms with Gasteiger partial charge in [0.25, 0.3) is 0 Å². The normalized spacial score (nSPS) is 21.5. The fraction of sp³-hybridized carbons (Fsp3) is 0.273. The molecule has 2 heteroatoms. The van der Waals surface area contributed by atoms with E-state index in [1.165, 1.54) is 5.56 Å². The maximum atomic E-state index is 5.64. The summed E-state index contributed by atoms with van der Waals surface area (Å²) >= 11 is 3.37. The summed E-state index contributed by atoms with van der Waals surface area (Å²) in [5.41, 5.74) is 2.34. The minimum absolute atomic E-state index is 0.0607. The van der Waals surface area contributed by atoms with Crippen LogP contribution in [0.2, 0.25) is 0 Å². The summed E-state index contributed by atoms with van der Waals surface area (Å²) in [5.74, 6) is 0. The van der Waals surface area contributed by atoms with E-state index in [0.29, 0.717) is 0 Å². The Morgan fingerprint density at radius 3 is 3.23 bits per heavy atom. The molecule has 0 aromatic heterocycles. The molecule has 0 amide bonds. The van der Waals surface area contributed by atoms with Crippen LogP contribution >= 0.6 is 15.9 Å². The molecule has 1 radical (unpaired) electrons. The summed E-state index contributed by atoms with van der Waals surface area (Å²) in [6, 6.07) is 9.18. The molecule has 0 N–H and O–H groups in total. The highest BCUT2D eigenvalue weighted by Gasteiger charge is 2.18. The van der Waals surface area contributed by atoms with E-state index in [-0.39, 0.29) is 11.1 Å². The van der Waals surface area contributed by atoms with Gasteiger partial charge in [-0.25, -0.2) is 0 Å². The molecule has 13 heavy (non-hydrogen) atoms. The highest BCUT2D eigenvalue weighted by molar-refractivity contribution is 9.09. The van der Waals surface area contributed by atoms with E-state index in [1.807, 2.05) is 19.1 Å². The van der Waals surface area contributed by atoms with Crippen LogP contribution in [0.5, 0.6) is 0 Å². The Kier molecular flexibility index (Phi) is 2.51. The zero-order chi connectivity index (χ0) is 9.26. The number of alkyl halides is 1. The van der Waals surface area contributed by atoms with Crippen molar-refractivity contribution in [3.63, 3.8) is 0 Å². The average molecular weight is 238 g/mol. The molecule has 1 nitrogen and oxygen atoms in total. The molecule has 2 atom stereocenters. The SMILES string of the molecule is CC(Br)OC1C=Cc2ccc[c]c21. The lowest BCUT2D eigenvalue weighted by atomic mass is 10.1. The summed E-state index contributed by atoms with van der Waals surface area (Å²) in [4.78, 5) is 0. The number of benzene rings is 1. The molecule has 0 saturated heterocycles. The maximum Gasteiger partial charge on any atom is 0.111 e. The Bertz CT molecular complexity index is 331. The number of rotatable bonds is 2. The molecule has 0 saturated carbocycles. The highest BCUT2D eigenvalue weighted by atomic mass is 79.9. The molecule has 1 aliphatic rings. The Morgan fingerprint density at radius 2 is 2.46 bits per heavy atom. The first-order valence-corrected chi connectivity index (χ1v) is 5.17. The summed E-state index contributed by atoms with van der Waals surface area (Å²) < 4.78 is 5.64. The first kappa shape index (κ1) is 8.97. The second-order valence-corrected chi connectivity index (χ2v) is 4.29. The molecule has 2 rings (SSSR count). The van der Waals surface area contributed by atoms with Gasteiger partial charge >= 0.3 is 0 Å². The number of hydrogen-bond acceptors (Lipinski definition) is 1. The second kappa shape index (κ2) is 3.64. The fourth-order valence-electron chi connectivity index (χ4n) is 1.46. The zero-order valence-corrected chi connectivity index (χ0v) is 8.91. The quantitative estimate of drug-likeness (QED) is 0.718. The van der Waals surface area contributed by atoms with Gasteiger partial charge in [0.05, 0.1) is 0 Å². The zero-order valence-electron chi connectivity index (χ0n) is 7.33. The van der Waals surface area contributed by atoms with Crippen molar-refractivity contribution in [2.45, 2.75) is 18.0 Å². The molecule has 0 heterocycles. The largest absolute Gasteiger partial charge is 0.355 e. The van der Waals surface area contributed by atoms with Crippen LogP contribution in [0.4, 0.5) is 0 Å². The van der Waals surface area contributed by atoms with E-state index in [1.54, 1.807) is 0 Å². The molecular formula is C11H10BrO. The predicted octanol–water partition coefficient (Wildman–Crippen LogP) is 3.31. The lowest BCUT2D eigenvalue weighted by Gasteiger charge is -2.13. The molecule has 0 aliphatic heterocycles. The van der Waals surface area contributed by atoms with Crippen LogP contribution in [0.15, 0.2) is 24.3 Å². The van der Waals surface area contributed by atoms with Crippen molar-refractivity contribution < 1.29 is 4.74 Å². The Hall–Kier alpha value is -0.600. The van der Waals surface area contributed by atoms with E-state index in [0.717, 1.165) is 5.56 Å². The summed E-state index contributed by atoms with van der Waals surface area (Å²) in [6.07, 6.45) is 4.19. The molecule has 0 bridgehead atoms. The van der Waals surface area contributed by atoms with Gasteiger partial charge in [-0.3, -0.25) is 0 Å². The van der Waals surface area contributed by atoms with E-state index in [4.69, 9.17) is 4.74 Å². The van der Waals surface area contributed by atoms with E-state index in [9.17, 15) is 0 Å². The molecule has 1 aliphatic carbocycles. The molecule has 1 aromatic rings. The van der Waals surface area contributed by atoms with Crippen molar-refractivity contribution in [2.75, 3.05) is 0 Å². The third-order valence-electron chi connectivity index (χ3n) is 1.99. The minimum atomic E-state index is 0.0607. The molecule has 2 unspecified atom stereocenters. The highest BCUT2D eigenvalue weighted by Crippen LogP contribution is 2.31. The number of fused-ring (bicyclic) bond motifs is 1. The summed E-state index contributed by atoms with van der Waals surface area (Å²) in [6.45, 7) is 1.97. The van der Waals surface area contributed by atoms with Gasteiger partial charge in [-0.05, 0) is 24.1 Å². The monoisotopic (exact) mass is 237 g/mol. The smallest absolute Gasteiger partial charge is 0.111 e. The van der Waals surface area contributed by atoms with Crippen molar-refractivity contribution in [1.82, 2.24) is 0 Å². The summed E-state index contributed by atoms with van der Waals surface area (Å²) in [7, 11) is 0. The van der Waals surface area contributed by atoms with Gasteiger partial charge in [0, 0.05) is 0 Å². The Balaban J connectivity index is 2.23. The van der Waals surface area contributed by atoms with Gasteiger partial charge in [-0.2, -0.15) is 0 Å². The number of ether oxygens (including phenoxy) is 1. The van der Waals surface area contributed by atoms with Crippen LogP contribution in [-0.2, 0) is 4.74 Å². The second-order valence-electron chi connectivity index (χ2n) is 3.00. The predicted molar refractivity (Wildman–Crippen MR) is 56.5 cm³/mol. The van der Waals surface area contributed by atoms with Gasteiger partial charge in [-0.1, -0.05) is 46.3 Å². The third-order valence-corrected chi connectivity index (χ3v) is 2.21. The van der Waals surface area contributed by atoms with Crippen LogP contribution in [0.25, 0.3) is 6.08 Å². The number of hydrogen-bond donors (Lipinski definition) is 0. The molecular weight excluding hydrogens is 228 g/mol. The fourth-order valence-corrected chi connectivity index (χ4v) is 1.69. The molecule has 1 aromatic carbocycles. The molecule has 0 fully saturated rings. The van der Waals surface area contributed by atoms with Crippen LogP contribution in [0.3, 0.4) is 0 Å². The summed E-state index contributed by atoms with van der Waals surface area (Å²) in [5, 5.41) is 0.0710. The van der Waals surface area contributed by atoms with Crippen molar-refractivity contribution in [1.29, 1.82) is 0 Å². The van der Waals surface area contributed by atoms with Gasteiger partial charge in [0.2, 0.25) is 0 Å². The van der Waals surface area contributed by atoms with Crippen LogP contribution in [0, 0.1) is 6.07 Å². The lowest BCUT2D eigenvalue weighted by molar-refractivity contribution is 0.0811. The van der Waals surface area contributed by atoms with Crippen LogP contribution in [0.1, 0.15) is 24.2 Å². The average Bonchev–Trinajstić information content (AvgIpc) is 2.48. The van der Waals surface area contributed by atoms with E-state index in [2.05, 4.69) is 40.2 Å². The lowest BCUT2D eigenvalue weighted by Crippen LogP contribution is -2.04. The van der Waals surface area contributed by atoms with Crippen LogP contribution < -0.4 is 0 Å². The van der Waals surface area contributed by atoms with Crippen molar-refractivity contribution in [3.05, 3.63) is 41.5 Å². The van der Waals surface area contributed by atoms with Crippen molar-refractivity contribution in [2.24, 2.45) is 0 Å². The Morgan fingerprint density at radius 1 is 1.62 bits per heavy atom. The van der Waals surface area contributed by atoms with Gasteiger partial charge < -0.3 is 4.74 Å². The first-order valence-electron chi connectivity index (χ1n) is 4.26. The minimum Gasteiger partial charge on any atom is -0.355 e. The van der Waals surface area contributed by atoms with Crippen molar-refractivity contribution in [3.8, 4) is 0 Å². The standard InChI is InChI=1S/C11H10BrO/c1-8(12)13-11-7-6-9-4-2-3-5-10(9)11/h2-4,6-8,11H,1H3. The van der Waals surface area contributed by atoms with Crippen molar-refractivity contribution >= 4 is 22.0 Å². The Labute approximate surface area is 86.5 Å². The molecule has 67 valence electrons. The number of halogens is 1. The maximum absolute atomic E-state index is 5.64. The van der Waals surface area contributed by atoms with Gasteiger partial charge in [0.1, 0.15) is 11.1 Å². The molecule has 0 spiro atoms. The first-order chi connectivity index (χ1) is 6.27. The van der Waals surface area contributed by atoms with E-state index < -0.39 is 0 Å². The third kappa shape index (κ3) is 1.84. The van der Waals surface area contributed by atoms with Gasteiger partial charge in [-0.15, -0.1) is 0 Å². The topological polar surface area (TPSA) is 9.23 Å². The van der Waals surface area contributed by atoms with Crippen LogP contribution in [-0.4, -0.2) is 5.01 Å². The van der Waals surface area contributed by atoms with E-state index >= 15 is 0 Å². The van der Waals surface area contributed by atoms with Gasteiger partial charge in [0.15, 0.2) is 0 Å².